The van der Waals surface area contributed by atoms with Gasteiger partial charge in [0, 0.05) is 13.0 Å². The lowest BCUT2D eigenvalue weighted by molar-refractivity contribution is -0.141. The van der Waals surface area contributed by atoms with Crippen molar-refractivity contribution < 1.29 is 29.4 Å². The van der Waals surface area contributed by atoms with Crippen LogP contribution in [0.15, 0.2) is 0 Å². The first-order valence-electron chi connectivity index (χ1n) is 5.67. The summed E-state index contributed by atoms with van der Waals surface area (Å²) in [6, 6.07) is -1.87. The van der Waals surface area contributed by atoms with Crippen LogP contribution in [-0.2, 0) is 14.4 Å². The van der Waals surface area contributed by atoms with E-state index in [1.807, 2.05) is 5.32 Å². The first kappa shape index (κ1) is 13.3. The van der Waals surface area contributed by atoms with Crippen LogP contribution in [0.1, 0.15) is 6.42 Å². The molecule has 2 rings (SSSR count). The molecule has 9 heteroatoms. The number of rotatable bonds is 1. The van der Waals surface area contributed by atoms with Crippen molar-refractivity contribution in [2.75, 3.05) is 19.6 Å². The van der Waals surface area contributed by atoms with Gasteiger partial charge in [-0.1, -0.05) is 0 Å². The Morgan fingerprint density at radius 3 is 2.32 bits per heavy atom. The normalized spacial score (nSPS) is 27.4. The minimum atomic E-state index is -1.22. The van der Waals surface area contributed by atoms with Gasteiger partial charge in [-0.15, -0.1) is 0 Å². The lowest BCUT2D eigenvalue weighted by Crippen LogP contribution is -2.57. The molecule has 0 radical (unpaired) electrons. The zero-order valence-electron chi connectivity index (χ0n) is 9.90. The molecule has 2 atom stereocenters. The quantitative estimate of drug-likeness (QED) is 0.456. The van der Waals surface area contributed by atoms with Crippen molar-refractivity contribution in [3.63, 3.8) is 0 Å². The number of β-amino-alcohol motifs (C(OH)–C–C–N with tert-alkyl or cyclic N) is 1. The molecule has 0 aromatic heterocycles. The molecule has 2 aliphatic rings. The number of aliphatic hydroxyl groups excluding tert-OH is 1. The number of nitrogens with zero attached hydrogens (tertiary/aromatic N) is 2. The minimum Gasteiger partial charge on any atom is -0.480 e. The highest BCUT2D eigenvalue weighted by molar-refractivity contribution is 6.02. The number of carboxylic acids is 1. The first-order valence-corrected chi connectivity index (χ1v) is 5.67. The number of aliphatic hydroxyl groups is 1. The number of urea groups is 1. The molecule has 0 aliphatic carbocycles. The maximum absolute atomic E-state index is 12.1. The molecular formula is C10H13N3O6. The van der Waals surface area contributed by atoms with Gasteiger partial charge in [0.2, 0.25) is 11.8 Å². The molecule has 0 aromatic carbocycles. The molecule has 3 N–H and O–H groups in total. The lowest BCUT2D eigenvalue weighted by Gasteiger charge is -2.31. The van der Waals surface area contributed by atoms with Crippen LogP contribution in [0.25, 0.3) is 0 Å². The predicted octanol–water partition coefficient (Wildman–Crippen LogP) is -2.42. The third kappa shape index (κ3) is 2.65. The third-order valence-corrected chi connectivity index (χ3v) is 3.03. The van der Waals surface area contributed by atoms with Crippen LogP contribution in [0.3, 0.4) is 0 Å². The Morgan fingerprint density at radius 2 is 1.79 bits per heavy atom. The van der Waals surface area contributed by atoms with Gasteiger partial charge in [-0.3, -0.25) is 14.9 Å². The van der Waals surface area contributed by atoms with E-state index in [0.717, 1.165) is 9.80 Å². The van der Waals surface area contributed by atoms with Crippen LogP contribution < -0.4 is 5.32 Å². The van der Waals surface area contributed by atoms with Crippen molar-refractivity contribution in [2.24, 2.45) is 0 Å². The summed E-state index contributed by atoms with van der Waals surface area (Å²) in [5.41, 5.74) is 0. The fourth-order valence-corrected chi connectivity index (χ4v) is 2.21. The van der Waals surface area contributed by atoms with Crippen LogP contribution in [-0.4, -0.2) is 75.6 Å². The zero-order chi connectivity index (χ0) is 14.2. The fourth-order valence-electron chi connectivity index (χ4n) is 2.21. The average molecular weight is 271 g/mol. The largest absolute Gasteiger partial charge is 0.480 e. The monoisotopic (exact) mass is 271 g/mol. The fraction of sp³-hybridized carbons (Fsp3) is 0.600. The molecule has 9 nitrogen and oxygen atoms in total. The van der Waals surface area contributed by atoms with Gasteiger partial charge in [-0.25, -0.2) is 9.59 Å². The molecule has 19 heavy (non-hydrogen) atoms. The smallest absolute Gasteiger partial charge is 0.326 e. The Morgan fingerprint density at radius 1 is 1.21 bits per heavy atom. The summed E-state index contributed by atoms with van der Waals surface area (Å²) in [5, 5.41) is 20.5. The summed E-state index contributed by atoms with van der Waals surface area (Å²) in [6.45, 7) is -0.727. The topological polar surface area (TPSA) is 127 Å². The SMILES string of the molecule is O=C1CN(C(=O)N2C[C@@H](O)C[C@H]2C(=O)O)CC(=O)N1. The van der Waals surface area contributed by atoms with E-state index < -0.39 is 36.0 Å². The van der Waals surface area contributed by atoms with E-state index in [0.29, 0.717) is 0 Å². The predicted molar refractivity (Wildman–Crippen MR) is 58.9 cm³/mol. The van der Waals surface area contributed by atoms with Crippen LogP contribution >= 0.6 is 0 Å². The molecular weight excluding hydrogens is 258 g/mol. The number of piperazine rings is 1. The lowest BCUT2D eigenvalue weighted by atomic mass is 10.2. The summed E-state index contributed by atoms with van der Waals surface area (Å²) < 4.78 is 0. The number of amides is 4. The molecule has 0 unspecified atom stereocenters. The van der Waals surface area contributed by atoms with E-state index in [1.54, 1.807) is 0 Å². The Bertz CT molecular complexity index is 435. The molecule has 0 spiro atoms. The number of carboxylic acid groups (broad SMARTS) is 1. The number of imide groups is 1. The second kappa shape index (κ2) is 4.84. The van der Waals surface area contributed by atoms with E-state index in [4.69, 9.17) is 5.11 Å². The summed E-state index contributed by atoms with van der Waals surface area (Å²) >= 11 is 0. The van der Waals surface area contributed by atoms with Gasteiger partial charge in [0.25, 0.3) is 0 Å². The van der Waals surface area contributed by atoms with Gasteiger partial charge in [0.15, 0.2) is 0 Å². The van der Waals surface area contributed by atoms with Gasteiger partial charge >= 0.3 is 12.0 Å². The van der Waals surface area contributed by atoms with E-state index >= 15 is 0 Å². The third-order valence-electron chi connectivity index (χ3n) is 3.03. The number of carbonyl (C=O) groups excluding carboxylic acids is 3. The van der Waals surface area contributed by atoms with Crippen LogP contribution in [0.2, 0.25) is 0 Å². The van der Waals surface area contributed by atoms with E-state index in [-0.39, 0.29) is 26.1 Å². The van der Waals surface area contributed by atoms with Gasteiger partial charge in [0.1, 0.15) is 19.1 Å². The highest BCUT2D eigenvalue weighted by atomic mass is 16.4. The number of nitrogens with one attached hydrogen (secondary N) is 1. The maximum atomic E-state index is 12.1. The summed E-state index contributed by atoms with van der Waals surface area (Å²) in [6.07, 6.45) is -0.978. The van der Waals surface area contributed by atoms with E-state index in [9.17, 15) is 24.3 Å². The molecule has 0 saturated carbocycles. The molecule has 2 aliphatic heterocycles. The Labute approximate surface area is 107 Å². The van der Waals surface area contributed by atoms with Crippen LogP contribution in [0.5, 0.6) is 0 Å². The Kier molecular flexibility index (Phi) is 3.38. The number of likely N-dealkylation sites (tertiary alicyclic amines) is 1. The molecule has 104 valence electrons. The maximum Gasteiger partial charge on any atom is 0.326 e. The molecule has 0 bridgehead atoms. The first-order chi connectivity index (χ1) is 8.88. The summed E-state index contributed by atoms with van der Waals surface area (Å²) in [4.78, 5) is 47.4. The number of hydrogen-bond donors (Lipinski definition) is 3. The minimum absolute atomic E-state index is 0.0605. The van der Waals surface area contributed by atoms with Crippen LogP contribution in [0, 0.1) is 0 Å². The molecule has 2 saturated heterocycles. The van der Waals surface area contributed by atoms with Crippen molar-refractivity contribution in [1.29, 1.82) is 0 Å². The number of aliphatic carboxylic acids is 1. The second-order valence-electron chi connectivity index (χ2n) is 4.51. The van der Waals surface area contributed by atoms with Crippen molar-refractivity contribution in [3.05, 3.63) is 0 Å². The Hall–Kier alpha value is -2.16. The van der Waals surface area contributed by atoms with Crippen molar-refractivity contribution in [2.45, 2.75) is 18.6 Å². The van der Waals surface area contributed by atoms with E-state index in [2.05, 4.69) is 0 Å². The van der Waals surface area contributed by atoms with Gasteiger partial charge in [-0.05, 0) is 0 Å². The van der Waals surface area contributed by atoms with Crippen LogP contribution in [0.4, 0.5) is 4.79 Å². The molecule has 4 amide bonds. The molecule has 2 heterocycles. The highest BCUT2D eigenvalue weighted by Gasteiger charge is 2.42. The van der Waals surface area contributed by atoms with Crippen molar-refractivity contribution >= 4 is 23.8 Å². The molecule has 0 aromatic rings. The Balaban J connectivity index is 2.12. The van der Waals surface area contributed by atoms with Gasteiger partial charge in [-0.2, -0.15) is 0 Å². The van der Waals surface area contributed by atoms with Gasteiger partial charge in [0.05, 0.1) is 6.10 Å². The van der Waals surface area contributed by atoms with Crippen molar-refractivity contribution in [1.82, 2.24) is 15.1 Å². The summed E-state index contributed by atoms with van der Waals surface area (Å²) in [7, 11) is 0. The highest BCUT2D eigenvalue weighted by Crippen LogP contribution is 2.20. The van der Waals surface area contributed by atoms with Crippen molar-refractivity contribution in [3.8, 4) is 0 Å². The standard InChI is InChI=1S/C10H13N3O6/c14-5-1-6(9(17)18)13(2-5)10(19)12-3-7(15)11-8(16)4-12/h5-6,14H,1-4H2,(H,17,18)(H,11,15,16)/t5-,6-/m0/s1. The second-order valence-corrected chi connectivity index (χ2v) is 4.51. The number of carbonyl (C=O) groups is 4. The van der Waals surface area contributed by atoms with Gasteiger partial charge < -0.3 is 20.0 Å². The average Bonchev–Trinajstić information content (AvgIpc) is 2.69. The summed E-state index contributed by atoms with van der Waals surface area (Å²) in [5.74, 6) is -2.45. The molecule has 2 fully saturated rings. The van der Waals surface area contributed by atoms with E-state index in [1.165, 1.54) is 0 Å². The number of hydrogen-bond acceptors (Lipinski definition) is 5. The zero-order valence-corrected chi connectivity index (χ0v) is 9.90.